The number of methoxy groups -OCH3 is 1. The van der Waals surface area contributed by atoms with Gasteiger partial charge in [-0.15, -0.1) is 0 Å². The lowest BCUT2D eigenvalue weighted by molar-refractivity contribution is 0.0693. The molecule has 6 heteroatoms. The highest BCUT2D eigenvalue weighted by Gasteiger charge is 2.34. The van der Waals surface area contributed by atoms with E-state index in [9.17, 15) is 14.4 Å². The molecule has 0 aliphatic carbocycles. The fourth-order valence-corrected chi connectivity index (χ4v) is 3.63. The van der Waals surface area contributed by atoms with E-state index in [2.05, 4.69) is 0 Å². The predicted octanol–water partition coefficient (Wildman–Crippen LogP) is 2.51. The maximum absolute atomic E-state index is 13.2. The molecule has 2 aliphatic rings. The number of carbonyl (C=O) groups excluding carboxylic acids is 3. The average molecular weight is 350 g/mol. The molecule has 0 atom stereocenters. The lowest BCUT2D eigenvalue weighted by Gasteiger charge is -2.31. The smallest absolute Gasteiger partial charge is 0.261 e. The van der Waals surface area contributed by atoms with Crippen LogP contribution >= 0.6 is 0 Å². The van der Waals surface area contributed by atoms with Gasteiger partial charge in [0.1, 0.15) is 5.75 Å². The quantitative estimate of drug-likeness (QED) is 0.781. The summed E-state index contributed by atoms with van der Waals surface area (Å²) in [6.07, 6.45) is 1.75. The van der Waals surface area contributed by atoms with Gasteiger partial charge < -0.3 is 9.64 Å². The highest BCUT2D eigenvalue weighted by molar-refractivity contribution is 6.22. The monoisotopic (exact) mass is 350 g/mol. The fraction of sp³-hybridized carbons (Fsp3) is 0.250. The maximum Gasteiger partial charge on any atom is 0.261 e. The van der Waals surface area contributed by atoms with Crippen LogP contribution in [0, 0.1) is 0 Å². The van der Waals surface area contributed by atoms with Crippen molar-refractivity contribution in [2.24, 2.45) is 0 Å². The van der Waals surface area contributed by atoms with Gasteiger partial charge in [0.2, 0.25) is 0 Å². The number of ether oxygens (including phenoxy) is 1. The molecule has 26 heavy (non-hydrogen) atoms. The summed E-state index contributed by atoms with van der Waals surface area (Å²) in [4.78, 5) is 40.2. The second kappa shape index (κ2) is 5.98. The van der Waals surface area contributed by atoms with Crippen molar-refractivity contribution < 1.29 is 19.1 Å². The fourth-order valence-electron chi connectivity index (χ4n) is 3.63. The van der Waals surface area contributed by atoms with Gasteiger partial charge >= 0.3 is 0 Å². The summed E-state index contributed by atoms with van der Waals surface area (Å²) in [5.74, 6) is -0.263. The minimum absolute atomic E-state index is 0.201. The van der Waals surface area contributed by atoms with Gasteiger partial charge in [0.15, 0.2) is 0 Å². The first-order valence-electron chi connectivity index (χ1n) is 8.47. The molecule has 3 amide bonds. The molecule has 132 valence electrons. The van der Waals surface area contributed by atoms with E-state index in [-0.39, 0.29) is 23.3 Å². The average Bonchev–Trinajstić information content (AvgIpc) is 2.90. The Balaban J connectivity index is 1.76. The van der Waals surface area contributed by atoms with Crippen molar-refractivity contribution in [2.45, 2.75) is 12.8 Å². The molecule has 2 aromatic rings. The first-order chi connectivity index (χ1) is 12.5. The third kappa shape index (κ3) is 2.29. The van der Waals surface area contributed by atoms with E-state index < -0.39 is 0 Å². The van der Waals surface area contributed by atoms with Crippen molar-refractivity contribution >= 4 is 23.4 Å². The third-order valence-electron chi connectivity index (χ3n) is 4.98. The van der Waals surface area contributed by atoms with Gasteiger partial charge in [-0.1, -0.05) is 12.1 Å². The molecule has 0 saturated heterocycles. The van der Waals surface area contributed by atoms with Crippen molar-refractivity contribution in [3.05, 3.63) is 58.7 Å². The molecular formula is C20H18N2O4. The lowest BCUT2D eigenvalue weighted by Crippen LogP contribution is -2.36. The Kier molecular flexibility index (Phi) is 3.76. The van der Waals surface area contributed by atoms with Crippen LogP contribution in [0.25, 0.3) is 0 Å². The molecule has 0 spiro atoms. The predicted molar refractivity (Wildman–Crippen MR) is 95.9 cm³/mol. The normalized spacial score (nSPS) is 15.8. The van der Waals surface area contributed by atoms with E-state index in [1.807, 2.05) is 18.2 Å². The Morgan fingerprint density at radius 1 is 1.08 bits per heavy atom. The highest BCUT2D eigenvalue weighted by Crippen LogP contribution is 2.37. The van der Waals surface area contributed by atoms with Crippen LogP contribution < -0.4 is 9.64 Å². The zero-order chi connectivity index (χ0) is 18.4. The summed E-state index contributed by atoms with van der Waals surface area (Å²) in [6.45, 7) is 0.579. The van der Waals surface area contributed by atoms with Gasteiger partial charge in [-0.2, -0.15) is 0 Å². The van der Waals surface area contributed by atoms with Gasteiger partial charge in [-0.25, -0.2) is 0 Å². The van der Waals surface area contributed by atoms with Gasteiger partial charge in [0.25, 0.3) is 17.7 Å². The van der Waals surface area contributed by atoms with Crippen molar-refractivity contribution in [1.29, 1.82) is 0 Å². The Hall–Kier alpha value is -3.15. The standard InChI is InChI=1S/C20H18N2O4/c1-21-19(24)14-9-8-13(11-15(14)20(21)25)18(23)22-10-4-6-12-5-3-7-16(26-2)17(12)22/h3,5,7-9,11H,4,6,10H2,1-2H3. The summed E-state index contributed by atoms with van der Waals surface area (Å²) >= 11 is 0. The first kappa shape index (κ1) is 16.3. The van der Waals surface area contributed by atoms with E-state index in [1.54, 1.807) is 24.1 Å². The molecule has 0 saturated carbocycles. The number of imide groups is 1. The molecule has 6 nitrogen and oxygen atoms in total. The van der Waals surface area contributed by atoms with Gasteiger partial charge in [0, 0.05) is 19.2 Å². The number of hydrogen-bond donors (Lipinski definition) is 0. The number of anilines is 1. The van der Waals surface area contributed by atoms with Crippen LogP contribution in [0.15, 0.2) is 36.4 Å². The molecule has 0 unspecified atom stereocenters. The molecule has 0 N–H and O–H groups in total. The molecule has 2 heterocycles. The zero-order valence-corrected chi connectivity index (χ0v) is 14.6. The largest absolute Gasteiger partial charge is 0.495 e. The number of hydrogen-bond acceptors (Lipinski definition) is 4. The molecule has 0 aromatic heterocycles. The minimum atomic E-state index is -0.378. The topological polar surface area (TPSA) is 66.9 Å². The van der Waals surface area contributed by atoms with Crippen molar-refractivity contribution in [3.63, 3.8) is 0 Å². The van der Waals surface area contributed by atoms with Crippen molar-refractivity contribution in [2.75, 3.05) is 25.6 Å². The molecule has 0 radical (unpaired) electrons. The Labute approximate surface area is 151 Å². The van der Waals surface area contributed by atoms with Crippen LogP contribution in [0.5, 0.6) is 5.75 Å². The molecular weight excluding hydrogens is 332 g/mol. The van der Waals surface area contributed by atoms with Crippen LogP contribution in [0.2, 0.25) is 0 Å². The summed E-state index contributed by atoms with van der Waals surface area (Å²) in [5.41, 5.74) is 2.85. The van der Waals surface area contributed by atoms with E-state index in [1.165, 1.54) is 13.1 Å². The molecule has 4 rings (SSSR count). The van der Waals surface area contributed by atoms with Crippen LogP contribution in [0.4, 0.5) is 5.69 Å². The number of rotatable bonds is 2. The van der Waals surface area contributed by atoms with Crippen LogP contribution in [0.1, 0.15) is 43.1 Å². The summed E-state index contributed by atoms with van der Waals surface area (Å²) in [6, 6.07) is 10.4. The Morgan fingerprint density at radius 3 is 2.62 bits per heavy atom. The number of para-hydroxylation sites is 1. The maximum atomic E-state index is 13.2. The van der Waals surface area contributed by atoms with Crippen molar-refractivity contribution in [1.82, 2.24) is 4.90 Å². The lowest BCUT2D eigenvalue weighted by atomic mass is 9.99. The Morgan fingerprint density at radius 2 is 1.85 bits per heavy atom. The van der Waals surface area contributed by atoms with Crippen molar-refractivity contribution in [3.8, 4) is 5.75 Å². The minimum Gasteiger partial charge on any atom is -0.495 e. The number of fused-ring (bicyclic) bond motifs is 2. The number of amides is 3. The summed E-state index contributed by atoms with van der Waals surface area (Å²) < 4.78 is 5.45. The van der Waals surface area contributed by atoms with Crippen LogP contribution in [0.3, 0.4) is 0 Å². The number of benzene rings is 2. The van der Waals surface area contributed by atoms with E-state index in [0.717, 1.165) is 29.0 Å². The Bertz CT molecular complexity index is 937. The van der Waals surface area contributed by atoms with Gasteiger partial charge in [-0.05, 0) is 42.7 Å². The highest BCUT2D eigenvalue weighted by atomic mass is 16.5. The third-order valence-corrected chi connectivity index (χ3v) is 4.98. The number of carbonyl (C=O) groups is 3. The molecule has 2 aliphatic heterocycles. The zero-order valence-electron chi connectivity index (χ0n) is 14.6. The molecule has 0 fully saturated rings. The van der Waals surface area contributed by atoms with Gasteiger partial charge in [0.05, 0.1) is 23.9 Å². The van der Waals surface area contributed by atoms with E-state index >= 15 is 0 Å². The number of aryl methyl sites for hydroxylation is 1. The first-order valence-corrected chi connectivity index (χ1v) is 8.47. The second-order valence-corrected chi connectivity index (χ2v) is 6.46. The van der Waals surface area contributed by atoms with Gasteiger partial charge in [-0.3, -0.25) is 19.3 Å². The van der Waals surface area contributed by atoms with Crippen LogP contribution in [-0.4, -0.2) is 43.3 Å². The summed E-state index contributed by atoms with van der Waals surface area (Å²) in [7, 11) is 3.03. The summed E-state index contributed by atoms with van der Waals surface area (Å²) in [5, 5.41) is 0. The SMILES string of the molecule is COc1cccc2c1N(C(=O)c1ccc3c(c1)C(=O)N(C)C3=O)CCC2. The van der Waals surface area contributed by atoms with E-state index in [0.29, 0.717) is 23.4 Å². The molecule has 2 aromatic carbocycles. The number of nitrogens with zero attached hydrogens (tertiary/aromatic N) is 2. The molecule has 0 bridgehead atoms. The second-order valence-electron chi connectivity index (χ2n) is 6.46. The van der Waals surface area contributed by atoms with E-state index in [4.69, 9.17) is 4.74 Å². The van der Waals surface area contributed by atoms with Crippen LogP contribution in [-0.2, 0) is 6.42 Å².